The highest BCUT2D eigenvalue weighted by molar-refractivity contribution is 7.98. The first-order chi connectivity index (χ1) is 11.7. The van der Waals surface area contributed by atoms with Crippen molar-refractivity contribution >= 4 is 29.0 Å². The molecule has 0 saturated heterocycles. The van der Waals surface area contributed by atoms with Crippen molar-refractivity contribution < 1.29 is 4.79 Å². The summed E-state index contributed by atoms with van der Waals surface area (Å²) >= 11 is 1.78. The first-order valence-corrected chi connectivity index (χ1v) is 8.63. The number of benzene rings is 3. The van der Waals surface area contributed by atoms with Crippen molar-refractivity contribution in [2.45, 2.75) is 10.6 Å². The van der Waals surface area contributed by atoms with E-state index >= 15 is 0 Å². The van der Waals surface area contributed by atoms with E-state index in [0.717, 1.165) is 5.75 Å². The fourth-order valence-electron chi connectivity index (χ4n) is 2.24. The number of hydrogen-bond acceptors (Lipinski definition) is 3. The summed E-state index contributed by atoms with van der Waals surface area (Å²) in [6, 6.07) is 25.2. The van der Waals surface area contributed by atoms with E-state index in [9.17, 15) is 4.79 Å². The highest BCUT2D eigenvalue weighted by atomic mass is 32.2. The first-order valence-electron chi connectivity index (χ1n) is 7.65. The Hall–Kier alpha value is -2.72. The van der Waals surface area contributed by atoms with Crippen molar-refractivity contribution in [3.63, 3.8) is 0 Å². The Morgan fingerprint density at radius 1 is 0.875 bits per heavy atom. The zero-order chi connectivity index (χ0) is 16.8. The Balaban J connectivity index is 1.61. The van der Waals surface area contributed by atoms with Crippen LogP contribution in [0.25, 0.3) is 0 Å². The maximum Gasteiger partial charge on any atom is 0.255 e. The highest BCUT2D eigenvalue weighted by Crippen LogP contribution is 2.23. The van der Waals surface area contributed by atoms with Crippen LogP contribution in [0.3, 0.4) is 0 Å². The largest absolute Gasteiger partial charge is 0.397 e. The quantitative estimate of drug-likeness (QED) is 0.520. The van der Waals surface area contributed by atoms with Gasteiger partial charge in [0.2, 0.25) is 0 Å². The lowest BCUT2D eigenvalue weighted by molar-refractivity contribution is 0.102. The fourth-order valence-corrected chi connectivity index (χ4v) is 3.12. The lowest BCUT2D eigenvalue weighted by Crippen LogP contribution is -2.13. The van der Waals surface area contributed by atoms with Gasteiger partial charge in [-0.05, 0) is 42.0 Å². The summed E-state index contributed by atoms with van der Waals surface area (Å²) in [5.74, 6) is 0.715. The number of rotatable bonds is 5. The normalized spacial score (nSPS) is 10.3. The van der Waals surface area contributed by atoms with Crippen LogP contribution in [-0.2, 0) is 5.75 Å². The summed E-state index contributed by atoms with van der Waals surface area (Å²) in [6.45, 7) is 0. The van der Waals surface area contributed by atoms with Crippen molar-refractivity contribution in [1.29, 1.82) is 0 Å². The predicted molar refractivity (Wildman–Crippen MR) is 101 cm³/mol. The van der Waals surface area contributed by atoms with E-state index in [4.69, 9.17) is 5.73 Å². The Morgan fingerprint density at radius 2 is 1.54 bits per heavy atom. The SMILES string of the molecule is Nc1ccccc1NC(=O)c1ccc(CSc2ccccc2)cc1. The van der Waals surface area contributed by atoms with Gasteiger partial charge in [-0.15, -0.1) is 11.8 Å². The third kappa shape index (κ3) is 4.18. The molecule has 0 bridgehead atoms. The van der Waals surface area contributed by atoms with Crippen molar-refractivity contribution in [1.82, 2.24) is 0 Å². The lowest BCUT2D eigenvalue weighted by atomic mass is 10.1. The van der Waals surface area contributed by atoms with Crippen LogP contribution in [0.1, 0.15) is 15.9 Å². The van der Waals surface area contributed by atoms with Crippen molar-refractivity contribution in [2.24, 2.45) is 0 Å². The van der Waals surface area contributed by atoms with Gasteiger partial charge in [-0.2, -0.15) is 0 Å². The molecule has 0 aliphatic rings. The van der Waals surface area contributed by atoms with Gasteiger partial charge >= 0.3 is 0 Å². The second-order valence-corrected chi connectivity index (χ2v) is 6.39. The van der Waals surface area contributed by atoms with E-state index in [1.54, 1.807) is 23.9 Å². The number of carbonyl (C=O) groups excluding carboxylic acids is 1. The predicted octanol–water partition coefficient (Wildman–Crippen LogP) is 4.81. The number of nitrogen functional groups attached to an aromatic ring is 1. The average Bonchev–Trinajstić information content (AvgIpc) is 2.63. The van der Waals surface area contributed by atoms with Gasteiger partial charge in [0.05, 0.1) is 11.4 Å². The molecule has 24 heavy (non-hydrogen) atoms. The smallest absolute Gasteiger partial charge is 0.255 e. The van der Waals surface area contributed by atoms with Crippen LogP contribution in [0.4, 0.5) is 11.4 Å². The topological polar surface area (TPSA) is 55.1 Å². The van der Waals surface area contributed by atoms with Crippen LogP contribution in [0.5, 0.6) is 0 Å². The average molecular weight is 334 g/mol. The molecule has 0 atom stereocenters. The molecule has 0 aliphatic heterocycles. The molecule has 0 heterocycles. The second-order valence-electron chi connectivity index (χ2n) is 5.34. The number of nitrogens with one attached hydrogen (secondary N) is 1. The number of hydrogen-bond donors (Lipinski definition) is 2. The zero-order valence-electron chi connectivity index (χ0n) is 13.1. The zero-order valence-corrected chi connectivity index (χ0v) is 13.9. The van der Waals surface area contributed by atoms with E-state index in [0.29, 0.717) is 16.9 Å². The summed E-state index contributed by atoms with van der Waals surface area (Å²) in [7, 11) is 0. The summed E-state index contributed by atoms with van der Waals surface area (Å²) in [6.07, 6.45) is 0. The number of thioether (sulfide) groups is 1. The minimum atomic E-state index is -0.157. The number of carbonyl (C=O) groups is 1. The molecule has 1 amide bonds. The van der Waals surface area contributed by atoms with Gasteiger partial charge in [-0.25, -0.2) is 0 Å². The van der Waals surface area contributed by atoms with Crippen molar-refractivity contribution in [3.05, 3.63) is 90.0 Å². The Morgan fingerprint density at radius 3 is 2.25 bits per heavy atom. The van der Waals surface area contributed by atoms with Gasteiger partial charge in [0.25, 0.3) is 5.91 Å². The van der Waals surface area contributed by atoms with Crippen molar-refractivity contribution in [3.8, 4) is 0 Å². The second kappa shape index (κ2) is 7.70. The first kappa shape index (κ1) is 16.1. The van der Waals surface area contributed by atoms with Crippen LogP contribution in [0, 0.1) is 0 Å². The molecule has 3 N–H and O–H groups in total. The Kier molecular flexibility index (Phi) is 5.18. The van der Waals surface area contributed by atoms with Gasteiger partial charge in [0.15, 0.2) is 0 Å². The minimum Gasteiger partial charge on any atom is -0.397 e. The maximum atomic E-state index is 12.3. The fraction of sp³-hybridized carbons (Fsp3) is 0.0500. The molecule has 0 saturated carbocycles. The van der Waals surface area contributed by atoms with Crippen LogP contribution >= 0.6 is 11.8 Å². The standard InChI is InChI=1S/C20H18N2OS/c21-18-8-4-5-9-19(18)22-20(23)16-12-10-15(11-13-16)14-24-17-6-2-1-3-7-17/h1-13H,14,21H2,(H,22,23). The van der Waals surface area contributed by atoms with Crippen LogP contribution < -0.4 is 11.1 Å². The number of nitrogens with two attached hydrogens (primary N) is 1. The molecule has 120 valence electrons. The Bertz CT molecular complexity index is 817. The third-order valence-electron chi connectivity index (χ3n) is 3.57. The molecule has 0 spiro atoms. The molecule has 0 fully saturated rings. The molecule has 3 aromatic carbocycles. The lowest BCUT2D eigenvalue weighted by Gasteiger charge is -2.08. The molecule has 4 heteroatoms. The summed E-state index contributed by atoms with van der Waals surface area (Å²) in [4.78, 5) is 13.5. The molecule has 0 unspecified atom stereocenters. The molecule has 0 aromatic heterocycles. The van der Waals surface area contributed by atoms with Gasteiger partial charge in [-0.1, -0.05) is 42.5 Å². The van der Waals surface area contributed by atoms with Gasteiger partial charge in [-0.3, -0.25) is 4.79 Å². The number of anilines is 2. The van der Waals surface area contributed by atoms with Gasteiger partial charge in [0, 0.05) is 16.2 Å². The van der Waals surface area contributed by atoms with Crippen molar-refractivity contribution in [2.75, 3.05) is 11.1 Å². The van der Waals surface area contributed by atoms with E-state index < -0.39 is 0 Å². The van der Waals surface area contributed by atoms with Crippen LogP contribution in [0.2, 0.25) is 0 Å². The van der Waals surface area contributed by atoms with E-state index in [1.807, 2.05) is 54.6 Å². The molecule has 3 rings (SSSR count). The monoisotopic (exact) mass is 334 g/mol. The van der Waals surface area contributed by atoms with E-state index in [1.165, 1.54) is 10.5 Å². The summed E-state index contributed by atoms with van der Waals surface area (Å²) < 4.78 is 0. The van der Waals surface area contributed by atoms with Crippen LogP contribution in [-0.4, -0.2) is 5.91 Å². The minimum absolute atomic E-state index is 0.157. The summed E-state index contributed by atoms with van der Waals surface area (Å²) in [5, 5.41) is 2.83. The number of para-hydroxylation sites is 2. The van der Waals surface area contributed by atoms with E-state index in [2.05, 4.69) is 17.4 Å². The van der Waals surface area contributed by atoms with Gasteiger partial charge in [0.1, 0.15) is 0 Å². The summed E-state index contributed by atoms with van der Waals surface area (Å²) in [5.41, 5.74) is 8.83. The van der Waals surface area contributed by atoms with Gasteiger partial charge < -0.3 is 11.1 Å². The van der Waals surface area contributed by atoms with Crippen LogP contribution in [0.15, 0.2) is 83.8 Å². The molecule has 0 aliphatic carbocycles. The third-order valence-corrected chi connectivity index (χ3v) is 4.66. The molecule has 3 nitrogen and oxygen atoms in total. The van der Waals surface area contributed by atoms with E-state index in [-0.39, 0.29) is 5.91 Å². The maximum absolute atomic E-state index is 12.3. The Labute approximate surface area is 145 Å². The molecule has 3 aromatic rings. The molecular weight excluding hydrogens is 316 g/mol. The number of amides is 1. The molecule has 0 radical (unpaired) electrons. The highest BCUT2D eigenvalue weighted by Gasteiger charge is 2.07. The molecular formula is C20H18N2OS.